The first-order valence-electron chi connectivity index (χ1n) is 4.63. The molecule has 0 aliphatic rings. The quantitative estimate of drug-likeness (QED) is 0.626. The van der Waals surface area contributed by atoms with Gasteiger partial charge in [0.15, 0.2) is 0 Å². The van der Waals surface area contributed by atoms with Gasteiger partial charge in [-0.15, -0.1) is 0 Å². The van der Waals surface area contributed by atoms with E-state index in [2.05, 4.69) is 32.3 Å². The molecule has 0 unspecified atom stereocenters. The second-order valence-electron chi connectivity index (χ2n) is 3.33. The lowest BCUT2D eigenvalue weighted by atomic mass is 10.1. The summed E-state index contributed by atoms with van der Waals surface area (Å²) in [7, 11) is 1.23. The number of esters is 1. The molecule has 0 radical (unpaired) electrons. The van der Waals surface area contributed by atoms with E-state index in [1.165, 1.54) is 19.4 Å². The second-order valence-corrected chi connectivity index (χ2v) is 4.93. The minimum absolute atomic E-state index is 0.0296. The molecule has 0 bridgehead atoms. The Balaban J connectivity index is 2.85. The summed E-state index contributed by atoms with van der Waals surface area (Å²) in [6.45, 7) is 0. The van der Waals surface area contributed by atoms with Gasteiger partial charge < -0.3 is 9.72 Å². The molecule has 1 heterocycles. The molecule has 0 spiro atoms. The Hall–Kier alpha value is -1.08. The van der Waals surface area contributed by atoms with Crippen LogP contribution in [0.2, 0.25) is 5.02 Å². The molecule has 17 heavy (non-hydrogen) atoms. The van der Waals surface area contributed by atoms with E-state index >= 15 is 0 Å². The van der Waals surface area contributed by atoms with Crippen LogP contribution in [-0.2, 0) is 4.74 Å². The maximum absolute atomic E-state index is 12.1. The first-order chi connectivity index (χ1) is 8.04. The zero-order chi connectivity index (χ0) is 12.6. The fraction of sp³-hybridized carbons (Fsp3) is 0.0909. The van der Waals surface area contributed by atoms with Crippen molar-refractivity contribution < 1.29 is 9.53 Å². The Kier molecular flexibility index (Phi) is 3.39. The minimum atomic E-state index is -0.664. The summed E-state index contributed by atoms with van der Waals surface area (Å²) < 4.78 is 5.35. The van der Waals surface area contributed by atoms with Crippen LogP contribution >= 0.6 is 34.2 Å². The Morgan fingerprint density at radius 1 is 1.47 bits per heavy atom. The number of hydrogen-bond acceptors (Lipinski definition) is 3. The van der Waals surface area contributed by atoms with Crippen LogP contribution < -0.4 is 5.43 Å². The number of benzene rings is 1. The number of carbonyl (C=O) groups excluding carboxylic acids is 1. The molecular formula is C11H7ClINO3. The van der Waals surface area contributed by atoms with Crippen LogP contribution in [0.15, 0.2) is 23.1 Å². The second kappa shape index (κ2) is 4.66. The first-order valence-corrected chi connectivity index (χ1v) is 6.09. The van der Waals surface area contributed by atoms with Crippen molar-refractivity contribution in [1.29, 1.82) is 0 Å². The minimum Gasteiger partial charge on any atom is -0.465 e. The number of fused-ring (bicyclic) bond motifs is 1. The molecule has 2 rings (SSSR count). The first kappa shape index (κ1) is 12.4. The number of pyridine rings is 1. The number of rotatable bonds is 1. The number of halogens is 2. The van der Waals surface area contributed by atoms with Gasteiger partial charge in [-0.2, -0.15) is 0 Å². The molecule has 0 aliphatic heterocycles. The lowest BCUT2D eigenvalue weighted by molar-refractivity contribution is 0.0599. The van der Waals surface area contributed by atoms with Crippen molar-refractivity contribution in [3.05, 3.63) is 42.7 Å². The van der Waals surface area contributed by atoms with Crippen LogP contribution in [0.1, 0.15) is 10.4 Å². The maximum Gasteiger partial charge on any atom is 0.343 e. The topological polar surface area (TPSA) is 59.2 Å². The SMILES string of the molecule is COC(=O)c1c[nH]c2c(I)cc(Cl)cc2c1=O. The Labute approximate surface area is 115 Å². The number of hydrogen-bond donors (Lipinski definition) is 1. The van der Waals surface area contributed by atoms with E-state index in [1.54, 1.807) is 6.07 Å². The summed E-state index contributed by atoms with van der Waals surface area (Å²) in [6, 6.07) is 3.27. The molecule has 0 saturated carbocycles. The molecule has 0 saturated heterocycles. The molecule has 1 aromatic heterocycles. The molecule has 1 aromatic carbocycles. The lowest BCUT2D eigenvalue weighted by Gasteiger charge is -2.04. The summed E-state index contributed by atoms with van der Waals surface area (Å²) in [5, 5.41) is 0.833. The predicted octanol–water partition coefficient (Wildman–Crippen LogP) is 2.57. The third-order valence-electron chi connectivity index (χ3n) is 2.31. The van der Waals surface area contributed by atoms with Crippen LogP contribution in [-0.4, -0.2) is 18.1 Å². The van der Waals surface area contributed by atoms with Crippen LogP contribution in [0, 0.1) is 3.57 Å². The van der Waals surface area contributed by atoms with Gasteiger partial charge >= 0.3 is 5.97 Å². The van der Waals surface area contributed by atoms with Crippen LogP contribution in [0.5, 0.6) is 0 Å². The van der Waals surface area contributed by atoms with Gasteiger partial charge in [-0.1, -0.05) is 11.6 Å². The molecule has 4 nitrogen and oxygen atoms in total. The van der Waals surface area contributed by atoms with Gasteiger partial charge in [0.1, 0.15) is 5.56 Å². The van der Waals surface area contributed by atoms with Gasteiger partial charge in [0.05, 0.1) is 12.6 Å². The standard InChI is InChI=1S/C11H7ClINO3/c1-17-11(16)7-4-14-9-6(10(7)15)2-5(12)3-8(9)13/h2-4H,1H3,(H,14,15). The van der Waals surface area contributed by atoms with Gasteiger partial charge in [0.25, 0.3) is 0 Å². The summed E-state index contributed by atoms with van der Waals surface area (Å²) >= 11 is 7.96. The summed E-state index contributed by atoms with van der Waals surface area (Å²) in [4.78, 5) is 26.3. The Bertz CT molecular complexity index is 666. The van der Waals surface area contributed by atoms with Crippen molar-refractivity contribution in [2.45, 2.75) is 0 Å². The highest BCUT2D eigenvalue weighted by Crippen LogP contribution is 2.21. The number of H-pyrrole nitrogens is 1. The van der Waals surface area contributed by atoms with E-state index in [1.807, 2.05) is 0 Å². The number of ether oxygens (including phenoxy) is 1. The third-order valence-corrected chi connectivity index (χ3v) is 3.38. The fourth-order valence-corrected chi connectivity index (χ4v) is 2.70. The average Bonchev–Trinajstić information content (AvgIpc) is 2.29. The van der Waals surface area contributed by atoms with Crippen LogP contribution in [0.3, 0.4) is 0 Å². The van der Waals surface area contributed by atoms with Crippen molar-refractivity contribution in [3.63, 3.8) is 0 Å². The zero-order valence-electron chi connectivity index (χ0n) is 8.71. The fourth-order valence-electron chi connectivity index (χ4n) is 1.52. The van der Waals surface area contributed by atoms with Crippen molar-refractivity contribution in [2.75, 3.05) is 7.11 Å². The van der Waals surface area contributed by atoms with Crippen LogP contribution in [0.25, 0.3) is 10.9 Å². The normalized spacial score (nSPS) is 10.5. The van der Waals surface area contributed by atoms with Crippen molar-refractivity contribution in [2.24, 2.45) is 0 Å². The summed E-state index contributed by atoms with van der Waals surface area (Å²) in [5.41, 5.74) is 0.247. The van der Waals surface area contributed by atoms with Gasteiger partial charge in [-0.25, -0.2) is 4.79 Å². The smallest absolute Gasteiger partial charge is 0.343 e. The molecule has 6 heteroatoms. The molecule has 0 atom stereocenters. The van der Waals surface area contributed by atoms with Crippen molar-refractivity contribution in [3.8, 4) is 0 Å². The van der Waals surface area contributed by atoms with E-state index in [0.29, 0.717) is 15.9 Å². The third kappa shape index (κ3) is 2.16. The van der Waals surface area contributed by atoms with Crippen molar-refractivity contribution >= 4 is 51.1 Å². The van der Waals surface area contributed by atoms with Gasteiger partial charge in [0.2, 0.25) is 5.43 Å². The average molecular weight is 364 g/mol. The zero-order valence-corrected chi connectivity index (χ0v) is 11.6. The largest absolute Gasteiger partial charge is 0.465 e. The number of aromatic nitrogens is 1. The molecule has 88 valence electrons. The highest BCUT2D eigenvalue weighted by atomic mass is 127. The Morgan fingerprint density at radius 2 is 2.18 bits per heavy atom. The van der Waals surface area contributed by atoms with E-state index in [4.69, 9.17) is 11.6 Å². The highest BCUT2D eigenvalue weighted by Gasteiger charge is 2.14. The molecule has 0 aliphatic carbocycles. The van der Waals surface area contributed by atoms with E-state index in [9.17, 15) is 9.59 Å². The molecule has 0 amide bonds. The lowest BCUT2D eigenvalue weighted by Crippen LogP contribution is -2.17. The maximum atomic E-state index is 12.1. The van der Waals surface area contributed by atoms with E-state index < -0.39 is 5.97 Å². The van der Waals surface area contributed by atoms with E-state index in [0.717, 1.165) is 3.57 Å². The van der Waals surface area contributed by atoms with E-state index in [-0.39, 0.29) is 11.0 Å². The molecule has 0 fully saturated rings. The van der Waals surface area contributed by atoms with Gasteiger partial charge in [-0.3, -0.25) is 4.79 Å². The molecular weight excluding hydrogens is 356 g/mol. The number of carbonyl (C=O) groups is 1. The number of aromatic amines is 1. The van der Waals surface area contributed by atoms with Gasteiger partial charge in [0, 0.05) is 20.2 Å². The molecule has 2 aromatic rings. The van der Waals surface area contributed by atoms with Gasteiger partial charge in [-0.05, 0) is 34.7 Å². The molecule has 1 N–H and O–H groups in total. The predicted molar refractivity (Wildman–Crippen MR) is 73.6 cm³/mol. The summed E-state index contributed by atoms with van der Waals surface area (Å²) in [6.07, 6.45) is 1.35. The number of methoxy groups -OCH3 is 1. The van der Waals surface area contributed by atoms with Crippen LogP contribution in [0.4, 0.5) is 0 Å². The number of nitrogens with one attached hydrogen (secondary N) is 1. The Morgan fingerprint density at radius 3 is 2.82 bits per heavy atom. The highest BCUT2D eigenvalue weighted by molar-refractivity contribution is 14.1. The van der Waals surface area contributed by atoms with Crippen molar-refractivity contribution in [1.82, 2.24) is 4.98 Å². The summed E-state index contributed by atoms with van der Waals surface area (Å²) in [5.74, 6) is -0.664. The monoisotopic (exact) mass is 363 g/mol.